The smallest absolute Gasteiger partial charge is 0.0434 e. The van der Waals surface area contributed by atoms with Crippen molar-refractivity contribution < 1.29 is 5.11 Å². The van der Waals surface area contributed by atoms with Crippen LogP contribution in [0.3, 0.4) is 0 Å². The number of nitrogens with two attached hydrogens (primary N) is 1. The molecule has 0 saturated carbocycles. The van der Waals surface area contributed by atoms with Crippen molar-refractivity contribution in [2.75, 3.05) is 39.3 Å². The van der Waals surface area contributed by atoms with E-state index in [2.05, 4.69) is 17.1 Å². The van der Waals surface area contributed by atoms with E-state index in [0.717, 1.165) is 39.1 Å². The number of piperidine rings is 1. The Morgan fingerprint density at radius 3 is 2.88 bits per heavy atom. The van der Waals surface area contributed by atoms with Crippen LogP contribution in [-0.4, -0.2) is 55.4 Å². The first-order valence-electron chi connectivity index (χ1n) is 6.56. The van der Waals surface area contributed by atoms with Crippen molar-refractivity contribution in [3.8, 4) is 0 Å². The van der Waals surface area contributed by atoms with E-state index in [1.807, 2.05) is 0 Å². The molecule has 1 aliphatic rings. The Kier molecular flexibility index (Phi) is 6.96. The number of aliphatic hydroxyl groups is 1. The van der Waals surface area contributed by atoms with Crippen molar-refractivity contribution in [1.82, 2.24) is 10.2 Å². The third kappa shape index (κ3) is 4.78. The Labute approximate surface area is 99.2 Å². The highest BCUT2D eigenvalue weighted by molar-refractivity contribution is 4.83. The maximum Gasteiger partial charge on any atom is 0.0434 e. The second-order valence-electron chi connectivity index (χ2n) is 4.81. The topological polar surface area (TPSA) is 61.5 Å². The second kappa shape index (κ2) is 8.01. The van der Waals surface area contributed by atoms with E-state index in [1.54, 1.807) is 0 Å². The molecule has 1 rings (SSSR count). The van der Waals surface area contributed by atoms with Gasteiger partial charge in [0.15, 0.2) is 0 Å². The summed E-state index contributed by atoms with van der Waals surface area (Å²) in [5, 5.41) is 12.6. The molecule has 0 aromatic carbocycles. The van der Waals surface area contributed by atoms with Crippen molar-refractivity contribution in [3.05, 3.63) is 0 Å². The van der Waals surface area contributed by atoms with E-state index < -0.39 is 0 Å². The molecule has 4 N–H and O–H groups in total. The lowest BCUT2D eigenvalue weighted by Gasteiger charge is -2.38. The summed E-state index contributed by atoms with van der Waals surface area (Å²) in [6, 6.07) is 0.580. The molecule has 0 spiro atoms. The molecule has 0 aromatic heterocycles. The quantitative estimate of drug-likeness (QED) is 0.576. The summed E-state index contributed by atoms with van der Waals surface area (Å²) in [5.41, 5.74) is 5.61. The fourth-order valence-corrected chi connectivity index (χ4v) is 2.56. The van der Waals surface area contributed by atoms with Crippen LogP contribution in [0.5, 0.6) is 0 Å². The predicted molar refractivity (Wildman–Crippen MR) is 67.4 cm³/mol. The summed E-state index contributed by atoms with van der Waals surface area (Å²) in [7, 11) is 0. The van der Waals surface area contributed by atoms with Crippen molar-refractivity contribution in [2.45, 2.75) is 32.2 Å². The Bertz CT molecular complexity index is 164. The number of likely N-dealkylation sites (tertiary alicyclic amines) is 1. The van der Waals surface area contributed by atoms with Gasteiger partial charge in [-0.15, -0.1) is 0 Å². The maximum absolute atomic E-state index is 9.03. The first-order chi connectivity index (χ1) is 7.80. The molecule has 1 aliphatic heterocycles. The monoisotopic (exact) mass is 229 g/mol. The van der Waals surface area contributed by atoms with E-state index in [4.69, 9.17) is 10.8 Å². The molecule has 0 aliphatic carbocycles. The van der Waals surface area contributed by atoms with Gasteiger partial charge in [0.05, 0.1) is 0 Å². The van der Waals surface area contributed by atoms with E-state index in [-0.39, 0.29) is 0 Å². The highest BCUT2D eigenvalue weighted by Gasteiger charge is 2.25. The zero-order valence-corrected chi connectivity index (χ0v) is 10.5. The number of nitrogens with one attached hydrogen (secondary N) is 1. The van der Waals surface area contributed by atoms with Crippen LogP contribution in [0, 0.1) is 5.92 Å². The predicted octanol–water partition coefficient (Wildman–Crippen LogP) is 0.0176. The second-order valence-corrected chi connectivity index (χ2v) is 4.81. The summed E-state index contributed by atoms with van der Waals surface area (Å²) in [6.07, 6.45) is 3.30. The van der Waals surface area contributed by atoms with Crippen LogP contribution in [0.1, 0.15) is 26.2 Å². The van der Waals surface area contributed by atoms with Crippen molar-refractivity contribution in [3.63, 3.8) is 0 Å². The molecule has 1 saturated heterocycles. The lowest BCUT2D eigenvalue weighted by Crippen LogP contribution is -2.50. The Balaban J connectivity index is 2.38. The molecule has 1 heterocycles. The maximum atomic E-state index is 9.03. The number of rotatable bonds is 7. The van der Waals surface area contributed by atoms with Gasteiger partial charge in [0.1, 0.15) is 0 Å². The Morgan fingerprint density at radius 1 is 1.44 bits per heavy atom. The molecular weight excluding hydrogens is 202 g/mol. The number of hydrogen-bond donors (Lipinski definition) is 3. The van der Waals surface area contributed by atoms with E-state index in [0.29, 0.717) is 18.6 Å². The molecule has 2 unspecified atom stereocenters. The van der Waals surface area contributed by atoms with Gasteiger partial charge in [0.25, 0.3) is 0 Å². The number of nitrogens with zero attached hydrogens (tertiary/aromatic N) is 1. The van der Waals surface area contributed by atoms with Crippen LogP contribution in [0.4, 0.5) is 0 Å². The first-order valence-corrected chi connectivity index (χ1v) is 6.56. The van der Waals surface area contributed by atoms with Crippen molar-refractivity contribution >= 4 is 0 Å². The molecule has 0 aromatic rings. The van der Waals surface area contributed by atoms with E-state index in [9.17, 15) is 0 Å². The average molecular weight is 229 g/mol. The average Bonchev–Trinajstić information content (AvgIpc) is 2.27. The van der Waals surface area contributed by atoms with E-state index >= 15 is 0 Å². The summed E-state index contributed by atoms with van der Waals surface area (Å²) in [6.45, 7) is 7.51. The number of aliphatic hydroxyl groups excluding tert-OH is 1. The van der Waals surface area contributed by atoms with Gasteiger partial charge in [0, 0.05) is 38.8 Å². The van der Waals surface area contributed by atoms with Gasteiger partial charge in [-0.25, -0.2) is 0 Å². The van der Waals surface area contributed by atoms with Crippen LogP contribution in [0.25, 0.3) is 0 Å². The third-order valence-electron chi connectivity index (χ3n) is 3.28. The van der Waals surface area contributed by atoms with Gasteiger partial charge in [0.2, 0.25) is 0 Å². The molecule has 4 nitrogen and oxygen atoms in total. The van der Waals surface area contributed by atoms with Gasteiger partial charge in [-0.2, -0.15) is 0 Å². The van der Waals surface area contributed by atoms with Crippen molar-refractivity contribution in [2.24, 2.45) is 11.7 Å². The summed E-state index contributed by atoms with van der Waals surface area (Å²) >= 11 is 0. The Hall–Kier alpha value is -0.160. The minimum absolute atomic E-state index is 0.307. The summed E-state index contributed by atoms with van der Waals surface area (Å²) in [5.74, 6) is 0.625. The van der Waals surface area contributed by atoms with Crippen LogP contribution < -0.4 is 11.1 Å². The number of hydrogen-bond acceptors (Lipinski definition) is 4. The minimum Gasteiger partial charge on any atom is -0.396 e. The zero-order chi connectivity index (χ0) is 11.8. The fraction of sp³-hybridized carbons (Fsp3) is 1.00. The SMILES string of the molecule is CCCNC1CC(CCO)CN(CCN)C1. The van der Waals surface area contributed by atoms with Crippen LogP contribution in [0.15, 0.2) is 0 Å². The van der Waals surface area contributed by atoms with Gasteiger partial charge < -0.3 is 21.1 Å². The molecule has 0 amide bonds. The summed E-state index contributed by atoms with van der Waals surface area (Å²) < 4.78 is 0. The zero-order valence-electron chi connectivity index (χ0n) is 10.5. The first kappa shape index (κ1) is 13.9. The molecule has 1 fully saturated rings. The van der Waals surface area contributed by atoms with E-state index in [1.165, 1.54) is 12.8 Å². The van der Waals surface area contributed by atoms with Gasteiger partial charge in [-0.05, 0) is 31.7 Å². The van der Waals surface area contributed by atoms with Crippen LogP contribution in [0.2, 0.25) is 0 Å². The fourth-order valence-electron chi connectivity index (χ4n) is 2.56. The molecular formula is C12H27N3O. The molecule has 0 radical (unpaired) electrons. The molecule has 2 atom stereocenters. The minimum atomic E-state index is 0.307. The Morgan fingerprint density at radius 2 is 2.25 bits per heavy atom. The highest BCUT2D eigenvalue weighted by atomic mass is 16.3. The third-order valence-corrected chi connectivity index (χ3v) is 3.28. The van der Waals surface area contributed by atoms with Gasteiger partial charge >= 0.3 is 0 Å². The molecule has 4 heteroatoms. The molecule has 96 valence electrons. The molecule has 16 heavy (non-hydrogen) atoms. The van der Waals surface area contributed by atoms with Crippen LogP contribution >= 0.6 is 0 Å². The van der Waals surface area contributed by atoms with Crippen molar-refractivity contribution in [1.29, 1.82) is 0 Å². The standard InChI is InChI=1S/C12H27N3O/c1-2-5-14-12-8-11(3-7-16)9-15(10-12)6-4-13/h11-12,14,16H,2-10,13H2,1H3. The summed E-state index contributed by atoms with van der Waals surface area (Å²) in [4.78, 5) is 2.43. The van der Waals surface area contributed by atoms with Gasteiger partial charge in [-0.3, -0.25) is 0 Å². The van der Waals surface area contributed by atoms with Crippen LogP contribution in [-0.2, 0) is 0 Å². The highest BCUT2D eigenvalue weighted by Crippen LogP contribution is 2.19. The lowest BCUT2D eigenvalue weighted by atomic mass is 9.91. The molecule has 0 bridgehead atoms. The largest absolute Gasteiger partial charge is 0.396 e. The normalized spacial score (nSPS) is 27.2. The lowest BCUT2D eigenvalue weighted by molar-refractivity contribution is 0.124. The van der Waals surface area contributed by atoms with Gasteiger partial charge in [-0.1, -0.05) is 6.92 Å².